The van der Waals surface area contributed by atoms with E-state index >= 15 is 0 Å². The van der Waals surface area contributed by atoms with Crippen molar-refractivity contribution >= 4 is 21.6 Å². The van der Waals surface area contributed by atoms with E-state index in [4.69, 9.17) is 5.26 Å². The summed E-state index contributed by atoms with van der Waals surface area (Å²) in [4.78, 5) is 4.00. The first-order valence-corrected chi connectivity index (χ1v) is 5.92. The van der Waals surface area contributed by atoms with E-state index in [2.05, 4.69) is 26.2 Å². The molecule has 0 saturated heterocycles. The van der Waals surface area contributed by atoms with Crippen molar-refractivity contribution in [2.24, 2.45) is 0 Å². The summed E-state index contributed by atoms with van der Waals surface area (Å²) in [6.45, 7) is 0.717. The Balaban J connectivity index is 2.03. The van der Waals surface area contributed by atoms with Gasteiger partial charge in [-0.15, -0.1) is 0 Å². The maximum Gasteiger partial charge on any atom is 0.140 e. The van der Waals surface area contributed by atoms with Crippen LogP contribution in [-0.4, -0.2) is 4.98 Å². The maximum atomic E-state index is 8.63. The highest BCUT2D eigenvalue weighted by Gasteiger charge is 1.99. The molecule has 2 aromatic rings. The van der Waals surface area contributed by atoms with Crippen LogP contribution in [0, 0.1) is 11.3 Å². The van der Waals surface area contributed by atoms with Crippen molar-refractivity contribution in [1.82, 2.24) is 4.98 Å². The molecule has 0 saturated carbocycles. The molecule has 0 bridgehead atoms. The van der Waals surface area contributed by atoms with Gasteiger partial charge in [0.15, 0.2) is 0 Å². The van der Waals surface area contributed by atoms with Crippen LogP contribution in [0.4, 0.5) is 5.69 Å². The minimum absolute atomic E-state index is 0.427. The third kappa shape index (κ3) is 3.05. The number of hydrogen-bond donors (Lipinski definition) is 1. The molecule has 84 valence electrons. The molecule has 0 amide bonds. The SMILES string of the molecule is N#Cc1ccc(NCc2ccccc2Br)cn1. The van der Waals surface area contributed by atoms with Gasteiger partial charge in [0.1, 0.15) is 11.8 Å². The van der Waals surface area contributed by atoms with Gasteiger partial charge >= 0.3 is 0 Å². The van der Waals surface area contributed by atoms with Crippen LogP contribution in [0.15, 0.2) is 47.1 Å². The van der Waals surface area contributed by atoms with Gasteiger partial charge in [0.2, 0.25) is 0 Å². The third-order valence-electron chi connectivity index (χ3n) is 2.32. The van der Waals surface area contributed by atoms with Crippen LogP contribution >= 0.6 is 15.9 Å². The number of pyridine rings is 1. The number of rotatable bonds is 3. The van der Waals surface area contributed by atoms with Crippen LogP contribution in [0.1, 0.15) is 11.3 Å². The van der Waals surface area contributed by atoms with Gasteiger partial charge in [0.05, 0.1) is 11.9 Å². The highest BCUT2D eigenvalue weighted by atomic mass is 79.9. The quantitative estimate of drug-likeness (QED) is 0.942. The summed E-state index contributed by atoms with van der Waals surface area (Å²) in [5.41, 5.74) is 2.51. The molecule has 0 aliphatic rings. The maximum absolute atomic E-state index is 8.63. The van der Waals surface area contributed by atoms with Gasteiger partial charge in [-0.3, -0.25) is 0 Å². The topological polar surface area (TPSA) is 48.7 Å². The molecule has 3 nitrogen and oxygen atoms in total. The molecule has 1 aromatic heterocycles. The molecule has 1 N–H and O–H groups in total. The van der Waals surface area contributed by atoms with E-state index in [9.17, 15) is 0 Å². The van der Waals surface area contributed by atoms with Crippen molar-refractivity contribution in [3.8, 4) is 6.07 Å². The normalized spacial score (nSPS) is 9.65. The molecular weight excluding hydrogens is 278 g/mol. The summed E-state index contributed by atoms with van der Waals surface area (Å²) in [6, 6.07) is 13.6. The average molecular weight is 288 g/mol. The molecule has 4 heteroatoms. The van der Waals surface area contributed by atoms with Crippen molar-refractivity contribution < 1.29 is 0 Å². The van der Waals surface area contributed by atoms with Gasteiger partial charge in [-0.25, -0.2) is 4.98 Å². The summed E-state index contributed by atoms with van der Waals surface area (Å²) in [6.07, 6.45) is 1.66. The van der Waals surface area contributed by atoms with E-state index < -0.39 is 0 Å². The fourth-order valence-corrected chi connectivity index (χ4v) is 1.83. The lowest BCUT2D eigenvalue weighted by molar-refractivity contribution is 1.12. The molecule has 0 aliphatic carbocycles. The fourth-order valence-electron chi connectivity index (χ4n) is 1.40. The molecule has 0 fully saturated rings. The van der Waals surface area contributed by atoms with Crippen LogP contribution in [-0.2, 0) is 6.54 Å². The Morgan fingerprint density at radius 2 is 2.06 bits per heavy atom. The lowest BCUT2D eigenvalue weighted by atomic mass is 10.2. The van der Waals surface area contributed by atoms with Gasteiger partial charge in [-0.1, -0.05) is 34.1 Å². The van der Waals surface area contributed by atoms with E-state index in [1.807, 2.05) is 36.4 Å². The first kappa shape index (κ1) is 11.6. The second-order valence-electron chi connectivity index (χ2n) is 3.49. The predicted octanol–water partition coefficient (Wildman–Crippen LogP) is 3.33. The number of benzene rings is 1. The highest BCUT2D eigenvalue weighted by molar-refractivity contribution is 9.10. The minimum Gasteiger partial charge on any atom is -0.380 e. The van der Waals surface area contributed by atoms with Gasteiger partial charge in [-0.05, 0) is 23.8 Å². The number of anilines is 1. The zero-order valence-corrected chi connectivity index (χ0v) is 10.6. The number of nitrogens with one attached hydrogen (secondary N) is 1. The number of nitrogens with zero attached hydrogens (tertiary/aromatic N) is 2. The molecule has 1 heterocycles. The highest BCUT2D eigenvalue weighted by Crippen LogP contribution is 2.17. The molecule has 17 heavy (non-hydrogen) atoms. The smallest absolute Gasteiger partial charge is 0.140 e. The van der Waals surface area contributed by atoms with E-state index in [1.54, 1.807) is 12.3 Å². The zero-order chi connectivity index (χ0) is 12.1. The monoisotopic (exact) mass is 287 g/mol. The zero-order valence-electron chi connectivity index (χ0n) is 9.02. The Kier molecular flexibility index (Phi) is 3.73. The summed E-state index contributed by atoms with van der Waals surface area (Å²) < 4.78 is 1.08. The summed E-state index contributed by atoms with van der Waals surface area (Å²) >= 11 is 3.49. The Morgan fingerprint density at radius 3 is 2.71 bits per heavy atom. The van der Waals surface area contributed by atoms with Gasteiger partial charge < -0.3 is 5.32 Å². The van der Waals surface area contributed by atoms with Gasteiger partial charge in [0.25, 0.3) is 0 Å². The number of aromatic nitrogens is 1. The average Bonchev–Trinajstić information content (AvgIpc) is 2.38. The van der Waals surface area contributed by atoms with Crippen LogP contribution in [0.2, 0.25) is 0 Å². The summed E-state index contributed by atoms with van der Waals surface area (Å²) in [7, 11) is 0. The lowest BCUT2D eigenvalue weighted by Crippen LogP contribution is -2.00. The number of halogens is 1. The Morgan fingerprint density at radius 1 is 1.24 bits per heavy atom. The summed E-state index contributed by atoms with van der Waals surface area (Å²) in [5, 5.41) is 11.9. The lowest BCUT2D eigenvalue weighted by Gasteiger charge is -2.07. The standard InChI is InChI=1S/C13H10BrN3/c14-13-4-2-1-3-10(13)8-16-12-6-5-11(7-15)17-9-12/h1-6,9,16H,8H2. The molecule has 0 radical (unpaired) electrons. The van der Waals surface area contributed by atoms with Crippen LogP contribution in [0.25, 0.3) is 0 Å². The Bertz CT molecular complexity index is 543. The first-order chi connectivity index (χ1) is 8.29. The van der Waals surface area contributed by atoms with Crippen molar-refractivity contribution in [2.45, 2.75) is 6.54 Å². The van der Waals surface area contributed by atoms with Crippen molar-refractivity contribution in [3.05, 3.63) is 58.3 Å². The van der Waals surface area contributed by atoms with Crippen molar-refractivity contribution in [3.63, 3.8) is 0 Å². The minimum atomic E-state index is 0.427. The Labute approximate surface area is 108 Å². The van der Waals surface area contributed by atoms with Crippen LogP contribution < -0.4 is 5.32 Å². The molecule has 0 spiro atoms. The van der Waals surface area contributed by atoms with Gasteiger partial charge in [-0.2, -0.15) is 5.26 Å². The first-order valence-electron chi connectivity index (χ1n) is 5.13. The second-order valence-corrected chi connectivity index (χ2v) is 4.34. The third-order valence-corrected chi connectivity index (χ3v) is 3.09. The largest absolute Gasteiger partial charge is 0.380 e. The molecular formula is C13H10BrN3. The van der Waals surface area contributed by atoms with E-state index in [1.165, 1.54) is 5.56 Å². The summed E-state index contributed by atoms with van der Waals surface area (Å²) in [5.74, 6) is 0. The number of hydrogen-bond acceptors (Lipinski definition) is 3. The van der Waals surface area contributed by atoms with Crippen LogP contribution in [0.3, 0.4) is 0 Å². The molecule has 0 unspecified atom stereocenters. The Hall–Kier alpha value is -1.86. The van der Waals surface area contributed by atoms with E-state index in [0.717, 1.165) is 16.7 Å². The van der Waals surface area contributed by atoms with Crippen molar-refractivity contribution in [2.75, 3.05) is 5.32 Å². The molecule has 1 aromatic carbocycles. The van der Waals surface area contributed by atoms with Crippen molar-refractivity contribution in [1.29, 1.82) is 5.26 Å². The molecule has 0 atom stereocenters. The number of nitriles is 1. The molecule has 2 rings (SSSR count). The molecule has 0 aliphatic heterocycles. The van der Waals surface area contributed by atoms with E-state index in [0.29, 0.717) is 5.69 Å². The second kappa shape index (κ2) is 5.46. The van der Waals surface area contributed by atoms with Gasteiger partial charge in [0, 0.05) is 11.0 Å². The predicted molar refractivity (Wildman–Crippen MR) is 70.4 cm³/mol. The van der Waals surface area contributed by atoms with Crippen LogP contribution in [0.5, 0.6) is 0 Å². The fraction of sp³-hybridized carbons (Fsp3) is 0.0769. The van der Waals surface area contributed by atoms with E-state index in [-0.39, 0.29) is 0 Å².